The van der Waals surface area contributed by atoms with Crippen LogP contribution < -0.4 is 5.32 Å². The zero-order valence-electron chi connectivity index (χ0n) is 12.8. The Hall–Kier alpha value is -1.63. The summed E-state index contributed by atoms with van der Waals surface area (Å²) in [6, 6.07) is -0.485. The number of hydrogen-bond donors (Lipinski definition) is 2. The third-order valence-electron chi connectivity index (χ3n) is 3.36. The van der Waals surface area contributed by atoms with Crippen molar-refractivity contribution in [1.82, 2.24) is 10.2 Å². The second-order valence-corrected chi connectivity index (χ2v) is 6.28. The molecule has 1 atom stereocenters. The lowest BCUT2D eigenvalue weighted by Gasteiger charge is -2.23. The fraction of sp³-hybridized carbons (Fsp3) is 0.786. The predicted molar refractivity (Wildman–Crippen MR) is 75.8 cm³/mol. The first-order chi connectivity index (χ1) is 9.69. The van der Waals surface area contributed by atoms with E-state index < -0.39 is 23.3 Å². The molecule has 0 aromatic rings. The van der Waals surface area contributed by atoms with Gasteiger partial charge in [0.05, 0.1) is 12.5 Å². The highest BCUT2D eigenvalue weighted by Gasteiger charge is 2.27. The van der Waals surface area contributed by atoms with Gasteiger partial charge in [0.15, 0.2) is 0 Å². The van der Waals surface area contributed by atoms with Gasteiger partial charge < -0.3 is 14.7 Å². The number of nitrogens with one attached hydrogen (secondary N) is 1. The van der Waals surface area contributed by atoms with Gasteiger partial charge in [-0.1, -0.05) is 13.8 Å². The maximum Gasteiger partial charge on any atom is 0.323 e. The van der Waals surface area contributed by atoms with E-state index in [-0.39, 0.29) is 18.9 Å². The molecule has 1 aliphatic heterocycles. The van der Waals surface area contributed by atoms with Crippen molar-refractivity contribution in [3.63, 3.8) is 0 Å². The first-order valence-corrected chi connectivity index (χ1v) is 7.08. The molecular weight excluding hydrogens is 276 g/mol. The lowest BCUT2D eigenvalue weighted by Crippen LogP contribution is -2.44. The van der Waals surface area contributed by atoms with E-state index in [1.165, 1.54) is 4.90 Å². The standard InChI is InChI=1S/C14H24N2O5/c1-14(2,8-12(18)19)7-11(17)15-13(20)16(3)9-10-5-4-6-21-10/h10H,4-9H2,1-3H3,(H,18,19)(H,15,17,20). The first kappa shape index (κ1) is 17.4. The summed E-state index contributed by atoms with van der Waals surface area (Å²) in [7, 11) is 1.60. The van der Waals surface area contributed by atoms with E-state index in [4.69, 9.17) is 9.84 Å². The van der Waals surface area contributed by atoms with Crippen molar-refractivity contribution in [2.45, 2.75) is 45.6 Å². The number of rotatable bonds is 6. The number of aliphatic carboxylic acids is 1. The van der Waals surface area contributed by atoms with E-state index in [1.807, 2.05) is 0 Å². The Morgan fingerprint density at radius 1 is 1.33 bits per heavy atom. The zero-order chi connectivity index (χ0) is 16.0. The molecule has 0 spiro atoms. The molecule has 1 aliphatic rings. The molecule has 1 heterocycles. The van der Waals surface area contributed by atoms with Crippen molar-refractivity contribution in [3.05, 3.63) is 0 Å². The molecule has 21 heavy (non-hydrogen) atoms. The van der Waals surface area contributed by atoms with Gasteiger partial charge in [-0.3, -0.25) is 14.9 Å². The van der Waals surface area contributed by atoms with Crippen LogP contribution >= 0.6 is 0 Å². The smallest absolute Gasteiger partial charge is 0.323 e. The highest BCUT2D eigenvalue weighted by molar-refractivity contribution is 5.94. The van der Waals surface area contributed by atoms with Crippen molar-refractivity contribution < 1.29 is 24.2 Å². The summed E-state index contributed by atoms with van der Waals surface area (Å²) < 4.78 is 5.43. The number of hydrogen-bond acceptors (Lipinski definition) is 4. The molecule has 120 valence electrons. The average Bonchev–Trinajstić information content (AvgIpc) is 2.78. The number of carboxylic acids is 1. The van der Waals surface area contributed by atoms with Gasteiger partial charge in [-0.15, -0.1) is 0 Å². The van der Waals surface area contributed by atoms with Crippen LogP contribution in [0, 0.1) is 5.41 Å². The number of likely N-dealkylation sites (N-methyl/N-ethyl adjacent to an activating group) is 1. The van der Waals surface area contributed by atoms with Crippen LogP contribution in [0.3, 0.4) is 0 Å². The Balaban J connectivity index is 2.38. The molecule has 0 aromatic carbocycles. The number of imide groups is 1. The van der Waals surface area contributed by atoms with E-state index in [0.29, 0.717) is 13.2 Å². The summed E-state index contributed by atoms with van der Waals surface area (Å²) in [5.41, 5.74) is -0.691. The van der Waals surface area contributed by atoms with Crippen molar-refractivity contribution in [2.24, 2.45) is 5.41 Å². The fourth-order valence-corrected chi connectivity index (χ4v) is 2.34. The van der Waals surface area contributed by atoms with E-state index in [0.717, 1.165) is 12.8 Å². The Bertz CT molecular complexity index is 402. The van der Waals surface area contributed by atoms with Crippen LogP contribution in [0.1, 0.15) is 39.5 Å². The van der Waals surface area contributed by atoms with Gasteiger partial charge in [-0.05, 0) is 18.3 Å². The molecule has 1 fully saturated rings. The predicted octanol–water partition coefficient (Wildman–Crippen LogP) is 1.22. The number of urea groups is 1. The average molecular weight is 300 g/mol. The van der Waals surface area contributed by atoms with Gasteiger partial charge in [-0.25, -0.2) is 4.79 Å². The molecule has 7 heteroatoms. The van der Waals surface area contributed by atoms with E-state index >= 15 is 0 Å². The maximum absolute atomic E-state index is 11.9. The van der Waals surface area contributed by atoms with Gasteiger partial charge in [0, 0.05) is 26.6 Å². The van der Waals surface area contributed by atoms with Gasteiger partial charge in [0.25, 0.3) is 0 Å². The fourth-order valence-electron chi connectivity index (χ4n) is 2.34. The molecule has 0 aromatic heterocycles. The maximum atomic E-state index is 11.9. The second-order valence-electron chi connectivity index (χ2n) is 6.28. The molecule has 0 saturated carbocycles. The Labute approximate surface area is 124 Å². The number of carbonyl (C=O) groups is 3. The third-order valence-corrected chi connectivity index (χ3v) is 3.36. The molecular formula is C14H24N2O5. The largest absolute Gasteiger partial charge is 0.481 e. The van der Waals surface area contributed by atoms with E-state index in [2.05, 4.69) is 5.32 Å². The second kappa shape index (κ2) is 7.40. The van der Waals surface area contributed by atoms with Crippen LogP contribution in [0.2, 0.25) is 0 Å². The minimum atomic E-state index is -0.963. The number of amides is 3. The summed E-state index contributed by atoms with van der Waals surface area (Å²) in [6.45, 7) is 4.52. The monoisotopic (exact) mass is 300 g/mol. The van der Waals surface area contributed by atoms with Crippen molar-refractivity contribution in [1.29, 1.82) is 0 Å². The van der Waals surface area contributed by atoms with Crippen molar-refractivity contribution in [3.8, 4) is 0 Å². The van der Waals surface area contributed by atoms with Gasteiger partial charge >= 0.3 is 12.0 Å². The summed E-state index contributed by atoms with van der Waals surface area (Å²) >= 11 is 0. The van der Waals surface area contributed by atoms with Crippen LogP contribution in [0.25, 0.3) is 0 Å². The zero-order valence-corrected chi connectivity index (χ0v) is 12.8. The molecule has 0 radical (unpaired) electrons. The van der Waals surface area contributed by atoms with Gasteiger partial charge in [0.1, 0.15) is 0 Å². The number of ether oxygens (including phenoxy) is 1. The lowest BCUT2D eigenvalue weighted by atomic mass is 9.85. The van der Waals surface area contributed by atoms with E-state index in [1.54, 1.807) is 20.9 Å². The van der Waals surface area contributed by atoms with E-state index in [9.17, 15) is 14.4 Å². The molecule has 0 bridgehead atoms. The molecule has 1 saturated heterocycles. The Kier molecular flexibility index (Phi) is 6.14. The highest BCUT2D eigenvalue weighted by Crippen LogP contribution is 2.24. The van der Waals surface area contributed by atoms with Gasteiger partial charge in [-0.2, -0.15) is 0 Å². The molecule has 2 N–H and O–H groups in total. The molecule has 7 nitrogen and oxygen atoms in total. The van der Waals surface area contributed by atoms with Crippen LogP contribution in [0.4, 0.5) is 4.79 Å². The van der Waals surface area contributed by atoms with Crippen LogP contribution in [0.5, 0.6) is 0 Å². The molecule has 3 amide bonds. The minimum absolute atomic E-state index is 0.0151. The normalized spacial score (nSPS) is 18.3. The molecule has 0 aliphatic carbocycles. The number of carbonyl (C=O) groups excluding carboxylic acids is 2. The SMILES string of the molecule is CN(CC1CCCO1)C(=O)NC(=O)CC(C)(C)CC(=O)O. The summed E-state index contributed by atoms with van der Waals surface area (Å²) in [5.74, 6) is -1.43. The third kappa shape index (κ3) is 6.57. The first-order valence-electron chi connectivity index (χ1n) is 7.08. The summed E-state index contributed by atoms with van der Waals surface area (Å²) in [6.07, 6.45) is 1.79. The van der Waals surface area contributed by atoms with Crippen LogP contribution in [-0.4, -0.2) is 54.2 Å². The topological polar surface area (TPSA) is 95.9 Å². The van der Waals surface area contributed by atoms with Crippen LogP contribution in [0.15, 0.2) is 0 Å². The number of carboxylic acid groups (broad SMARTS) is 1. The Morgan fingerprint density at radius 3 is 2.52 bits per heavy atom. The molecule has 1 rings (SSSR count). The van der Waals surface area contributed by atoms with Crippen molar-refractivity contribution >= 4 is 17.9 Å². The summed E-state index contributed by atoms with van der Waals surface area (Å²) in [5, 5.41) is 11.1. The van der Waals surface area contributed by atoms with Crippen LogP contribution in [-0.2, 0) is 14.3 Å². The quantitative estimate of drug-likeness (QED) is 0.769. The summed E-state index contributed by atoms with van der Waals surface area (Å²) in [4.78, 5) is 35.8. The number of nitrogens with zero attached hydrogens (tertiary/aromatic N) is 1. The highest BCUT2D eigenvalue weighted by atomic mass is 16.5. The lowest BCUT2D eigenvalue weighted by molar-refractivity contribution is -0.139. The van der Waals surface area contributed by atoms with Gasteiger partial charge in [0.2, 0.25) is 5.91 Å². The Morgan fingerprint density at radius 2 is 2.00 bits per heavy atom. The van der Waals surface area contributed by atoms with Crippen molar-refractivity contribution in [2.75, 3.05) is 20.2 Å². The molecule has 1 unspecified atom stereocenters. The minimum Gasteiger partial charge on any atom is -0.481 e.